The third kappa shape index (κ3) is 2.93. The lowest BCUT2D eigenvalue weighted by atomic mass is 9.97. The lowest BCUT2D eigenvalue weighted by molar-refractivity contribution is -0.384. The van der Waals surface area contributed by atoms with Gasteiger partial charge in [0.05, 0.1) is 11.3 Å². The molecule has 0 bridgehead atoms. The molecule has 1 rings (SSSR count). The van der Waals surface area contributed by atoms with Crippen molar-refractivity contribution in [1.82, 2.24) is 0 Å². The number of carboxylic acid groups (broad SMARTS) is 1. The summed E-state index contributed by atoms with van der Waals surface area (Å²) in [5.74, 6) is -1.32. The van der Waals surface area contributed by atoms with E-state index in [1.165, 1.54) is 18.2 Å². The summed E-state index contributed by atoms with van der Waals surface area (Å²) >= 11 is 5.86. The first-order valence-electron chi connectivity index (χ1n) is 4.57. The van der Waals surface area contributed by atoms with Crippen molar-refractivity contribution in [3.05, 3.63) is 38.9 Å². The van der Waals surface area contributed by atoms with E-state index < -0.39 is 10.9 Å². The van der Waals surface area contributed by atoms with E-state index in [2.05, 4.69) is 0 Å². The molecular weight excluding hydrogens is 234 g/mol. The second-order valence-corrected chi connectivity index (χ2v) is 3.87. The fourth-order valence-electron chi connectivity index (χ4n) is 1.39. The highest BCUT2D eigenvalue weighted by Crippen LogP contribution is 2.30. The maximum Gasteiger partial charge on any atom is 0.303 e. The second kappa shape index (κ2) is 4.94. The normalized spacial score (nSPS) is 12.1. The number of hydrogen-bond acceptors (Lipinski definition) is 3. The van der Waals surface area contributed by atoms with Crippen LogP contribution in [0.15, 0.2) is 18.2 Å². The van der Waals surface area contributed by atoms with Crippen molar-refractivity contribution in [1.29, 1.82) is 0 Å². The Balaban J connectivity index is 3.06. The van der Waals surface area contributed by atoms with Crippen LogP contribution in [-0.2, 0) is 4.79 Å². The average Bonchev–Trinajstić information content (AvgIpc) is 2.16. The highest BCUT2D eigenvalue weighted by Gasteiger charge is 2.17. The molecule has 0 spiro atoms. The topological polar surface area (TPSA) is 80.4 Å². The van der Waals surface area contributed by atoms with Gasteiger partial charge in [0.1, 0.15) is 0 Å². The van der Waals surface area contributed by atoms with Crippen LogP contribution in [-0.4, -0.2) is 16.0 Å². The van der Waals surface area contributed by atoms with Crippen molar-refractivity contribution in [2.24, 2.45) is 0 Å². The zero-order valence-electron chi connectivity index (χ0n) is 8.51. The Morgan fingerprint density at radius 1 is 1.62 bits per heavy atom. The van der Waals surface area contributed by atoms with E-state index in [1.807, 2.05) is 0 Å². The number of aliphatic carboxylic acids is 1. The summed E-state index contributed by atoms with van der Waals surface area (Å²) in [6, 6.07) is 4.02. The van der Waals surface area contributed by atoms with Gasteiger partial charge in [0.15, 0.2) is 0 Å². The number of nitrogens with zero attached hydrogens (tertiary/aromatic N) is 1. The lowest BCUT2D eigenvalue weighted by Crippen LogP contribution is -2.04. The minimum absolute atomic E-state index is 0.0864. The van der Waals surface area contributed by atoms with Crippen LogP contribution in [0.5, 0.6) is 0 Å². The lowest BCUT2D eigenvalue weighted by Gasteiger charge is -2.10. The number of non-ortho nitro benzene ring substituents is 1. The summed E-state index contributed by atoms with van der Waals surface area (Å²) in [6.07, 6.45) is -0.110. The molecule has 0 saturated carbocycles. The summed E-state index contributed by atoms with van der Waals surface area (Å²) in [6.45, 7) is 1.67. The van der Waals surface area contributed by atoms with Gasteiger partial charge in [0.25, 0.3) is 5.69 Å². The predicted octanol–water partition coefficient (Wildman–Crippen LogP) is 2.83. The van der Waals surface area contributed by atoms with Crippen LogP contribution in [0.2, 0.25) is 5.02 Å². The molecule has 1 aromatic rings. The van der Waals surface area contributed by atoms with Gasteiger partial charge in [-0.1, -0.05) is 18.5 Å². The first kappa shape index (κ1) is 12.4. The molecule has 0 amide bonds. The van der Waals surface area contributed by atoms with Gasteiger partial charge in [-0.3, -0.25) is 14.9 Å². The molecule has 1 aromatic carbocycles. The molecule has 5 nitrogen and oxygen atoms in total. The van der Waals surface area contributed by atoms with Gasteiger partial charge in [-0.2, -0.15) is 0 Å². The highest BCUT2D eigenvalue weighted by atomic mass is 35.5. The van der Waals surface area contributed by atoms with Gasteiger partial charge in [-0.05, 0) is 17.5 Å². The average molecular weight is 244 g/mol. The van der Waals surface area contributed by atoms with Gasteiger partial charge >= 0.3 is 5.97 Å². The Hall–Kier alpha value is -1.62. The van der Waals surface area contributed by atoms with Crippen LogP contribution in [0.1, 0.15) is 24.8 Å². The number of carbonyl (C=O) groups is 1. The number of carboxylic acids is 1. The first-order chi connectivity index (χ1) is 7.41. The summed E-state index contributed by atoms with van der Waals surface area (Å²) in [7, 11) is 0. The van der Waals surface area contributed by atoms with Crippen molar-refractivity contribution in [3.8, 4) is 0 Å². The second-order valence-electron chi connectivity index (χ2n) is 3.46. The Morgan fingerprint density at radius 3 is 2.75 bits per heavy atom. The van der Waals surface area contributed by atoms with Gasteiger partial charge in [0.2, 0.25) is 0 Å². The minimum Gasteiger partial charge on any atom is -0.481 e. The molecule has 0 aliphatic rings. The number of hydrogen-bond donors (Lipinski definition) is 1. The Morgan fingerprint density at radius 2 is 2.25 bits per heavy atom. The van der Waals surface area contributed by atoms with Crippen LogP contribution < -0.4 is 0 Å². The van der Waals surface area contributed by atoms with E-state index in [9.17, 15) is 14.9 Å². The molecule has 1 atom stereocenters. The smallest absolute Gasteiger partial charge is 0.303 e. The van der Waals surface area contributed by atoms with Gasteiger partial charge in [-0.15, -0.1) is 0 Å². The van der Waals surface area contributed by atoms with Crippen molar-refractivity contribution in [2.75, 3.05) is 0 Å². The maximum absolute atomic E-state index is 10.6. The van der Waals surface area contributed by atoms with E-state index >= 15 is 0 Å². The first-order valence-corrected chi connectivity index (χ1v) is 4.95. The molecule has 0 fully saturated rings. The molecule has 16 heavy (non-hydrogen) atoms. The summed E-state index contributed by atoms with van der Waals surface area (Å²) in [5.41, 5.74) is 0.398. The molecular formula is C10H10ClNO4. The van der Waals surface area contributed by atoms with Crippen LogP contribution >= 0.6 is 11.6 Å². The highest BCUT2D eigenvalue weighted by molar-refractivity contribution is 6.31. The van der Waals surface area contributed by atoms with E-state index in [4.69, 9.17) is 16.7 Å². The fraction of sp³-hybridized carbons (Fsp3) is 0.300. The summed E-state index contributed by atoms with van der Waals surface area (Å²) in [4.78, 5) is 20.6. The number of nitro benzene ring substituents is 1. The van der Waals surface area contributed by atoms with E-state index in [0.717, 1.165) is 0 Å². The molecule has 0 heterocycles. The fourth-order valence-corrected chi connectivity index (χ4v) is 1.70. The van der Waals surface area contributed by atoms with Gasteiger partial charge in [0, 0.05) is 17.2 Å². The van der Waals surface area contributed by atoms with E-state index in [-0.39, 0.29) is 18.0 Å². The predicted molar refractivity (Wildman–Crippen MR) is 58.8 cm³/mol. The zero-order valence-corrected chi connectivity index (χ0v) is 9.27. The standard InChI is InChI=1S/C10H10ClNO4/c1-6(4-10(13)14)8-5-7(12(15)16)2-3-9(8)11/h2-3,5-6H,4H2,1H3,(H,13,14). The van der Waals surface area contributed by atoms with Crippen molar-refractivity contribution >= 4 is 23.3 Å². The Labute approximate surface area is 96.8 Å². The van der Waals surface area contributed by atoms with Gasteiger partial charge in [-0.25, -0.2) is 0 Å². The molecule has 0 aliphatic heterocycles. The van der Waals surface area contributed by atoms with Crippen LogP contribution in [0.25, 0.3) is 0 Å². The number of halogens is 1. The molecule has 0 aromatic heterocycles. The quantitative estimate of drug-likeness (QED) is 0.651. The monoisotopic (exact) mass is 243 g/mol. The molecule has 0 radical (unpaired) electrons. The Kier molecular flexibility index (Phi) is 3.84. The number of rotatable bonds is 4. The third-order valence-electron chi connectivity index (χ3n) is 2.20. The van der Waals surface area contributed by atoms with Crippen molar-refractivity contribution < 1.29 is 14.8 Å². The van der Waals surface area contributed by atoms with Crippen molar-refractivity contribution in [3.63, 3.8) is 0 Å². The molecule has 0 aliphatic carbocycles. The molecule has 0 saturated heterocycles. The van der Waals surface area contributed by atoms with Crippen LogP contribution in [0.4, 0.5) is 5.69 Å². The zero-order chi connectivity index (χ0) is 12.3. The van der Waals surface area contributed by atoms with Gasteiger partial charge < -0.3 is 5.11 Å². The maximum atomic E-state index is 10.6. The molecule has 1 unspecified atom stereocenters. The van der Waals surface area contributed by atoms with E-state index in [0.29, 0.717) is 10.6 Å². The number of benzene rings is 1. The molecule has 1 N–H and O–H groups in total. The van der Waals surface area contributed by atoms with Crippen LogP contribution in [0, 0.1) is 10.1 Å². The number of nitro groups is 1. The van der Waals surface area contributed by atoms with Crippen molar-refractivity contribution in [2.45, 2.75) is 19.3 Å². The Bertz CT molecular complexity index is 433. The minimum atomic E-state index is -0.963. The van der Waals surface area contributed by atoms with E-state index in [1.54, 1.807) is 6.92 Å². The van der Waals surface area contributed by atoms with Crippen LogP contribution in [0.3, 0.4) is 0 Å². The largest absolute Gasteiger partial charge is 0.481 e. The molecule has 86 valence electrons. The summed E-state index contributed by atoms with van der Waals surface area (Å²) in [5, 5.41) is 19.5. The summed E-state index contributed by atoms with van der Waals surface area (Å²) < 4.78 is 0. The molecule has 6 heteroatoms. The third-order valence-corrected chi connectivity index (χ3v) is 2.55. The SMILES string of the molecule is CC(CC(=O)O)c1cc([N+](=O)[O-])ccc1Cl.